The summed E-state index contributed by atoms with van der Waals surface area (Å²) in [5, 5.41) is 7.17. The number of rotatable bonds is 4. The van der Waals surface area contributed by atoms with E-state index in [1.165, 1.54) is 0 Å². The summed E-state index contributed by atoms with van der Waals surface area (Å²) in [6.45, 7) is 3.26. The number of carbonyl (C=O) groups is 2. The van der Waals surface area contributed by atoms with Gasteiger partial charge >= 0.3 is 0 Å². The highest BCUT2D eigenvalue weighted by Gasteiger charge is 2.33. The molecule has 2 aromatic heterocycles. The van der Waals surface area contributed by atoms with Crippen molar-refractivity contribution in [2.75, 3.05) is 19.6 Å². The Morgan fingerprint density at radius 2 is 1.93 bits per heavy atom. The zero-order valence-electron chi connectivity index (χ0n) is 16.9. The highest BCUT2D eigenvalue weighted by molar-refractivity contribution is 5.94. The summed E-state index contributed by atoms with van der Waals surface area (Å²) >= 11 is 0. The number of aryl methyl sites for hydroxylation is 1. The number of pyridine rings is 1. The molecule has 1 aromatic carbocycles. The molecule has 30 heavy (non-hydrogen) atoms. The molecular weight excluding hydrogens is 380 g/mol. The number of carbonyl (C=O) groups excluding carboxylic acids is 2. The molecule has 3 aromatic rings. The van der Waals surface area contributed by atoms with Crippen LogP contribution in [0.25, 0.3) is 0 Å². The van der Waals surface area contributed by atoms with Crippen LogP contribution in [0.2, 0.25) is 0 Å². The van der Waals surface area contributed by atoms with Gasteiger partial charge in [-0.25, -0.2) is 4.98 Å². The Bertz CT molecular complexity index is 1000. The molecule has 1 aliphatic rings. The van der Waals surface area contributed by atoms with Gasteiger partial charge < -0.3 is 9.80 Å². The van der Waals surface area contributed by atoms with Crippen molar-refractivity contribution in [1.82, 2.24) is 30.0 Å². The predicted molar refractivity (Wildman–Crippen MR) is 110 cm³/mol. The summed E-state index contributed by atoms with van der Waals surface area (Å²) < 4.78 is 0. The first-order valence-electron chi connectivity index (χ1n) is 10.0. The van der Waals surface area contributed by atoms with Crippen molar-refractivity contribution in [2.45, 2.75) is 25.8 Å². The second-order valence-electron chi connectivity index (χ2n) is 7.37. The molecule has 1 aliphatic heterocycles. The molecule has 3 heterocycles. The van der Waals surface area contributed by atoms with Gasteiger partial charge in [0.1, 0.15) is 5.82 Å². The third-order valence-corrected chi connectivity index (χ3v) is 5.28. The molecule has 0 aliphatic carbocycles. The Kier molecular flexibility index (Phi) is 5.83. The Balaban J connectivity index is 1.55. The van der Waals surface area contributed by atoms with Crippen LogP contribution in [0.4, 0.5) is 0 Å². The van der Waals surface area contributed by atoms with Crippen molar-refractivity contribution in [3.8, 4) is 0 Å². The zero-order valence-corrected chi connectivity index (χ0v) is 16.9. The maximum absolute atomic E-state index is 13.3. The van der Waals surface area contributed by atoms with Gasteiger partial charge in [0.25, 0.3) is 5.91 Å². The fourth-order valence-electron chi connectivity index (χ4n) is 3.74. The Labute approximate surface area is 175 Å². The van der Waals surface area contributed by atoms with Crippen LogP contribution in [0.5, 0.6) is 0 Å². The summed E-state index contributed by atoms with van der Waals surface area (Å²) in [5.74, 6) is 1.23. The molecule has 0 bridgehead atoms. The van der Waals surface area contributed by atoms with E-state index >= 15 is 0 Å². The molecular formula is C22H24N6O2. The van der Waals surface area contributed by atoms with E-state index in [2.05, 4.69) is 20.2 Å². The number of benzene rings is 1. The maximum atomic E-state index is 13.3. The smallest absolute Gasteiger partial charge is 0.254 e. The van der Waals surface area contributed by atoms with Crippen molar-refractivity contribution in [3.63, 3.8) is 0 Å². The standard InChI is InChI=1S/C22H24N6O2/c1-16-24-21(26-25-16)19-9-11-27(20(29)14-17-6-5-10-23-15-17)12-13-28(19)22(30)18-7-3-2-4-8-18/h2-8,10,15,19H,9,11-14H2,1H3,(H,24,25,26). The van der Waals surface area contributed by atoms with E-state index in [1.807, 2.05) is 42.2 Å². The van der Waals surface area contributed by atoms with Crippen molar-refractivity contribution < 1.29 is 9.59 Å². The number of aromatic amines is 1. The van der Waals surface area contributed by atoms with E-state index in [4.69, 9.17) is 0 Å². The average molecular weight is 404 g/mol. The van der Waals surface area contributed by atoms with Gasteiger partial charge in [-0.2, -0.15) is 5.10 Å². The number of hydrogen-bond donors (Lipinski definition) is 1. The Hall–Kier alpha value is -3.55. The summed E-state index contributed by atoms with van der Waals surface area (Å²) in [6.07, 6.45) is 4.27. The van der Waals surface area contributed by atoms with Crippen molar-refractivity contribution in [1.29, 1.82) is 0 Å². The van der Waals surface area contributed by atoms with Crippen LogP contribution in [0.1, 0.15) is 40.0 Å². The molecule has 1 saturated heterocycles. The first-order chi connectivity index (χ1) is 14.6. The highest BCUT2D eigenvalue weighted by atomic mass is 16.2. The van der Waals surface area contributed by atoms with Crippen LogP contribution in [-0.2, 0) is 11.2 Å². The number of amides is 2. The minimum atomic E-state index is -0.293. The van der Waals surface area contributed by atoms with Crippen LogP contribution in [-0.4, -0.2) is 61.4 Å². The summed E-state index contributed by atoms with van der Waals surface area (Å²) in [6, 6.07) is 12.6. The number of aromatic nitrogens is 4. The summed E-state index contributed by atoms with van der Waals surface area (Å²) in [5.41, 5.74) is 1.50. The highest BCUT2D eigenvalue weighted by Crippen LogP contribution is 2.26. The van der Waals surface area contributed by atoms with Gasteiger partial charge in [-0.1, -0.05) is 24.3 Å². The van der Waals surface area contributed by atoms with Gasteiger partial charge in [0, 0.05) is 37.6 Å². The normalized spacial score (nSPS) is 16.9. The number of hydrogen-bond acceptors (Lipinski definition) is 5. The van der Waals surface area contributed by atoms with Crippen molar-refractivity contribution in [3.05, 3.63) is 77.6 Å². The topological polar surface area (TPSA) is 95.1 Å². The lowest BCUT2D eigenvalue weighted by Gasteiger charge is -2.27. The molecule has 8 heteroatoms. The third-order valence-electron chi connectivity index (χ3n) is 5.28. The second-order valence-corrected chi connectivity index (χ2v) is 7.37. The fraction of sp³-hybridized carbons (Fsp3) is 0.318. The van der Waals surface area contributed by atoms with Crippen LogP contribution in [0, 0.1) is 6.92 Å². The lowest BCUT2D eigenvalue weighted by Crippen LogP contribution is -2.39. The minimum Gasteiger partial charge on any atom is -0.341 e. The summed E-state index contributed by atoms with van der Waals surface area (Å²) in [4.78, 5) is 38.3. The van der Waals surface area contributed by atoms with Crippen LogP contribution in [0.15, 0.2) is 54.9 Å². The Morgan fingerprint density at radius 3 is 2.63 bits per heavy atom. The largest absolute Gasteiger partial charge is 0.341 e. The lowest BCUT2D eigenvalue weighted by atomic mass is 10.1. The van der Waals surface area contributed by atoms with E-state index < -0.39 is 0 Å². The molecule has 2 amide bonds. The molecule has 0 radical (unpaired) electrons. The molecule has 1 N–H and O–H groups in total. The SMILES string of the molecule is Cc1nc(C2CCN(C(=O)Cc3cccnc3)CCN2C(=O)c2ccccc2)n[nH]1. The third kappa shape index (κ3) is 4.37. The van der Waals surface area contributed by atoms with E-state index in [0.29, 0.717) is 49.7 Å². The lowest BCUT2D eigenvalue weighted by molar-refractivity contribution is -0.130. The fourth-order valence-corrected chi connectivity index (χ4v) is 3.74. The van der Waals surface area contributed by atoms with Gasteiger partial charge in [0.2, 0.25) is 5.91 Å². The minimum absolute atomic E-state index is 0.0296. The number of nitrogens with one attached hydrogen (secondary N) is 1. The van der Waals surface area contributed by atoms with Crippen molar-refractivity contribution >= 4 is 11.8 Å². The quantitative estimate of drug-likeness (QED) is 0.719. The maximum Gasteiger partial charge on any atom is 0.254 e. The van der Waals surface area contributed by atoms with E-state index in [-0.39, 0.29) is 17.9 Å². The molecule has 0 spiro atoms. The molecule has 1 atom stereocenters. The monoisotopic (exact) mass is 404 g/mol. The first kappa shape index (κ1) is 19.8. The van der Waals surface area contributed by atoms with Crippen LogP contribution in [0.3, 0.4) is 0 Å². The summed E-state index contributed by atoms with van der Waals surface area (Å²) in [7, 11) is 0. The van der Waals surface area contributed by atoms with Gasteiger partial charge in [0.05, 0.1) is 12.5 Å². The van der Waals surface area contributed by atoms with Crippen molar-refractivity contribution in [2.24, 2.45) is 0 Å². The molecule has 4 rings (SSSR count). The molecule has 1 fully saturated rings. The second kappa shape index (κ2) is 8.86. The van der Waals surface area contributed by atoms with Gasteiger partial charge in [-0.15, -0.1) is 0 Å². The van der Waals surface area contributed by atoms with E-state index in [1.54, 1.807) is 29.4 Å². The van der Waals surface area contributed by atoms with E-state index in [9.17, 15) is 9.59 Å². The number of H-pyrrole nitrogens is 1. The van der Waals surface area contributed by atoms with Gasteiger partial charge in [0.15, 0.2) is 5.82 Å². The van der Waals surface area contributed by atoms with Gasteiger partial charge in [-0.3, -0.25) is 19.7 Å². The molecule has 1 unspecified atom stereocenters. The van der Waals surface area contributed by atoms with Gasteiger partial charge in [-0.05, 0) is 37.1 Å². The molecule has 8 nitrogen and oxygen atoms in total. The van der Waals surface area contributed by atoms with E-state index in [0.717, 1.165) is 5.56 Å². The zero-order chi connectivity index (χ0) is 20.9. The van der Waals surface area contributed by atoms with Crippen LogP contribution >= 0.6 is 0 Å². The average Bonchev–Trinajstić information content (AvgIpc) is 3.08. The molecule has 0 saturated carbocycles. The molecule has 154 valence electrons. The van der Waals surface area contributed by atoms with Crippen LogP contribution < -0.4 is 0 Å². The number of nitrogens with zero attached hydrogens (tertiary/aromatic N) is 5. The first-order valence-corrected chi connectivity index (χ1v) is 10.0. The Morgan fingerprint density at radius 1 is 1.10 bits per heavy atom. The predicted octanol–water partition coefficient (Wildman–Crippen LogP) is 2.17.